The van der Waals surface area contributed by atoms with Gasteiger partial charge in [0.25, 0.3) is 0 Å². The van der Waals surface area contributed by atoms with Gasteiger partial charge in [0.2, 0.25) is 10.0 Å². The Kier molecular flexibility index (Phi) is 6.02. The molecule has 0 fully saturated rings. The fourth-order valence-corrected chi connectivity index (χ4v) is 5.12. The van der Waals surface area contributed by atoms with Gasteiger partial charge in [0, 0.05) is 5.92 Å². The molecule has 0 saturated carbocycles. The summed E-state index contributed by atoms with van der Waals surface area (Å²) >= 11 is 6.13. The van der Waals surface area contributed by atoms with Crippen LogP contribution in [0, 0.1) is 26.6 Å². The Balaban J connectivity index is 2.08. The van der Waals surface area contributed by atoms with Crippen molar-refractivity contribution in [2.75, 3.05) is 0 Å². The van der Waals surface area contributed by atoms with Crippen molar-refractivity contribution in [3.8, 4) is 0 Å². The number of H-pyrrole nitrogens is 1. The van der Waals surface area contributed by atoms with Crippen molar-refractivity contribution in [2.24, 2.45) is 0 Å². The Labute approximate surface area is 173 Å². The van der Waals surface area contributed by atoms with E-state index in [1.807, 2.05) is 6.92 Å². The predicted molar refractivity (Wildman–Crippen MR) is 108 cm³/mol. The van der Waals surface area contributed by atoms with Crippen molar-refractivity contribution in [1.29, 1.82) is 0 Å². The SMILES string of the molecule is Cc1ccc(Cl)c(S(=O)(=O)NC(c2nn[nH]n2)C(C)c2c(F)ccc(C)c2C)c1. The van der Waals surface area contributed by atoms with E-state index < -0.39 is 27.8 Å². The van der Waals surface area contributed by atoms with E-state index in [9.17, 15) is 12.8 Å². The molecule has 154 valence electrons. The van der Waals surface area contributed by atoms with E-state index in [0.717, 1.165) is 16.7 Å². The molecule has 1 heterocycles. The molecule has 0 spiro atoms. The molecule has 0 aliphatic carbocycles. The second-order valence-electron chi connectivity index (χ2n) is 6.99. The minimum absolute atomic E-state index is 0.0682. The molecule has 0 bridgehead atoms. The minimum atomic E-state index is -4.05. The van der Waals surface area contributed by atoms with E-state index in [2.05, 4.69) is 25.3 Å². The van der Waals surface area contributed by atoms with Gasteiger partial charge < -0.3 is 0 Å². The summed E-state index contributed by atoms with van der Waals surface area (Å²) in [5, 5.41) is 13.8. The van der Waals surface area contributed by atoms with Crippen LogP contribution in [0.1, 0.15) is 47.0 Å². The Bertz CT molecular complexity index is 1140. The monoisotopic (exact) mass is 437 g/mol. The highest BCUT2D eigenvalue weighted by Crippen LogP contribution is 2.35. The fourth-order valence-electron chi connectivity index (χ4n) is 3.26. The number of benzene rings is 2. The molecule has 3 rings (SSSR count). The van der Waals surface area contributed by atoms with E-state index in [1.54, 1.807) is 32.9 Å². The number of sulfonamides is 1. The standard InChI is InChI=1S/C19H21ClFN5O2S/c1-10-5-7-14(20)16(9-10)29(27,28)24-18(19-22-25-26-23-19)13(4)17-12(3)11(2)6-8-15(17)21/h5-9,13,18,24H,1-4H3,(H,22,23,25,26). The molecule has 0 saturated heterocycles. The van der Waals surface area contributed by atoms with E-state index >= 15 is 0 Å². The summed E-state index contributed by atoms with van der Waals surface area (Å²) in [4.78, 5) is -0.0682. The number of hydrogen-bond acceptors (Lipinski definition) is 5. The first-order valence-electron chi connectivity index (χ1n) is 8.89. The molecule has 2 N–H and O–H groups in total. The molecule has 0 aliphatic rings. The topological polar surface area (TPSA) is 101 Å². The maximum absolute atomic E-state index is 14.7. The lowest BCUT2D eigenvalue weighted by Crippen LogP contribution is -2.33. The van der Waals surface area contributed by atoms with Gasteiger partial charge in [-0.1, -0.05) is 35.9 Å². The van der Waals surface area contributed by atoms with Crippen molar-refractivity contribution >= 4 is 21.6 Å². The van der Waals surface area contributed by atoms with E-state index in [0.29, 0.717) is 5.56 Å². The maximum Gasteiger partial charge on any atom is 0.242 e. The van der Waals surface area contributed by atoms with Gasteiger partial charge in [0.05, 0.1) is 11.1 Å². The van der Waals surface area contributed by atoms with Crippen molar-refractivity contribution in [3.05, 3.63) is 69.2 Å². The van der Waals surface area contributed by atoms with Crippen molar-refractivity contribution in [3.63, 3.8) is 0 Å². The van der Waals surface area contributed by atoms with E-state index in [-0.39, 0.29) is 15.7 Å². The molecular formula is C19H21ClFN5O2S. The van der Waals surface area contributed by atoms with Gasteiger partial charge in [-0.25, -0.2) is 12.8 Å². The lowest BCUT2D eigenvalue weighted by Gasteiger charge is -2.25. The lowest BCUT2D eigenvalue weighted by molar-refractivity contribution is 0.478. The van der Waals surface area contributed by atoms with Crippen LogP contribution in [0.4, 0.5) is 4.39 Å². The van der Waals surface area contributed by atoms with Crippen LogP contribution in [-0.2, 0) is 10.0 Å². The quantitative estimate of drug-likeness (QED) is 0.611. The van der Waals surface area contributed by atoms with Crippen LogP contribution in [-0.4, -0.2) is 29.0 Å². The van der Waals surface area contributed by atoms with Crippen LogP contribution in [0.15, 0.2) is 35.2 Å². The van der Waals surface area contributed by atoms with Crippen LogP contribution in [0.3, 0.4) is 0 Å². The molecule has 10 heteroatoms. The Morgan fingerprint density at radius 2 is 1.90 bits per heavy atom. The number of nitrogens with one attached hydrogen (secondary N) is 2. The van der Waals surface area contributed by atoms with Gasteiger partial charge in [-0.15, -0.1) is 10.2 Å². The molecule has 7 nitrogen and oxygen atoms in total. The Morgan fingerprint density at radius 3 is 2.55 bits per heavy atom. The lowest BCUT2D eigenvalue weighted by atomic mass is 9.88. The highest BCUT2D eigenvalue weighted by molar-refractivity contribution is 7.89. The zero-order valence-electron chi connectivity index (χ0n) is 16.4. The Morgan fingerprint density at radius 1 is 1.17 bits per heavy atom. The molecule has 2 atom stereocenters. The van der Waals surface area contributed by atoms with Crippen molar-refractivity contribution < 1.29 is 12.8 Å². The molecule has 2 unspecified atom stereocenters. The number of aromatic nitrogens is 4. The minimum Gasteiger partial charge on any atom is -0.207 e. The molecule has 29 heavy (non-hydrogen) atoms. The zero-order valence-corrected chi connectivity index (χ0v) is 17.9. The summed E-state index contributed by atoms with van der Waals surface area (Å²) < 4.78 is 43.5. The molecular weight excluding hydrogens is 417 g/mol. The van der Waals surface area contributed by atoms with Gasteiger partial charge in [-0.3, -0.25) is 0 Å². The summed E-state index contributed by atoms with van der Waals surface area (Å²) in [7, 11) is -4.05. The summed E-state index contributed by atoms with van der Waals surface area (Å²) in [6, 6.07) is 6.79. The van der Waals surface area contributed by atoms with Gasteiger partial charge >= 0.3 is 0 Å². The van der Waals surface area contributed by atoms with Gasteiger partial charge in [0.15, 0.2) is 5.82 Å². The summed E-state index contributed by atoms with van der Waals surface area (Å²) in [5.41, 5.74) is 2.75. The fraction of sp³-hybridized carbons (Fsp3) is 0.316. The molecule has 1 aromatic heterocycles. The second kappa shape index (κ2) is 8.17. The number of aryl methyl sites for hydroxylation is 2. The largest absolute Gasteiger partial charge is 0.242 e. The van der Waals surface area contributed by atoms with Gasteiger partial charge in [0.1, 0.15) is 10.7 Å². The molecule has 3 aromatic rings. The van der Waals surface area contributed by atoms with Crippen LogP contribution >= 0.6 is 11.6 Å². The molecule has 0 radical (unpaired) electrons. The van der Waals surface area contributed by atoms with Crippen molar-refractivity contribution in [1.82, 2.24) is 25.3 Å². The predicted octanol–water partition coefficient (Wildman–Crippen LogP) is 3.74. The van der Waals surface area contributed by atoms with Crippen LogP contribution in [0.2, 0.25) is 5.02 Å². The van der Waals surface area contributed by atoms with Gasteiger partial charge in [-0.05, 0) is 61.2 Å². The van der Waals surface area contributed by atoms with E-state index in [1.165, 1.54) is 18.2 Å². The van der Waals surface area contributed by atoms with E-state index in [4.69, 9.17) is 11.6 Å². The molecule has 2 aromatic carbocycles. The first kappa shape index (κ1) is 21.4. The highest BCUT2D eigenvalue weighted by Gasteiger charge is 2.33. The zero-order chi connectivity index (χ0) is 21.3. The van der Waals surface area contributed by atoms with Crippen molar-refractivity contribution in [2.45, 2.75) is 44.6 Å². The average molecular weight is 438 g/mol. The summed E-state index contributed by atoms with van der Waals surface area (Å²) in [6.45, 7) is 7.14. The summed E-state index contributed by atoms with van der Waals surface area (Å²) in [6.07, 6.45) is 0. The van der Waals surface area contributed by atoms with Crippen LogP contribution in [0.5, 0.6) is 0 Å². The first-order chi connectivity index (χ1) is 13.6. The van der Waals surface area contributed by atoms with Crippen LogP contribution in [0.25, 0.3) is 0 Å². The first-order valence-corrected chi connectivity index (χ1v) is 10.8. The molecule has 0 amide bonds. The third-order valence-electron chi connectivity index (χ3n) is 4.99. The molecule has 0 aliphatic heterocycles. The third kappa shape index (κ3) is 4.31. The summed E-state index contributed by atoms with van der Waals surface area (Å²) in [5.74, 6) is -0.946. The highest BCUT2D eigenvalue weighted by atomic mass is 35.5. The smallest absolute Gasteiger partial charge is 0.207 e. The number of tetrazole rings is 1. The average Bonchev–Trinajstić information content (AvgIpc) is 3.19. The normalized spacial score (nSPS) is 14.0. The maximum atomic E-state index is 14.7. The number of nitrogens with zero attached hydrogens (tertiary/aromatic N) is 3. The third-order valence-corrected chi connectivity index (χ3v) is 6.91. The van der Waals surface area contributed by atoms with Crippen LogP contribution < -0.4 is 4.72 Å². The van der Waals surface area contributed by atoms with Gasteiger partial charge in [-0.2, -0.15) is 9.94 Å². The number of rotatable bonds is 6. The number of aromatic amines is 1. The number of hydrogen-bond donors (Lipinski definition) is 2. The number of halogens is 2. The Hall–Kier alpha value is -2.36. The second-order valence-corrected chi connectivity index (χ2v) is 9.08.